The van der Waals surface area contributed by atoms with Gasteiger partial charge in [-0.15, -0.1) is 11.3 Å². The number of hydrogen-bond acceptors (Lipinski definition) is 3. The second-order valence-electron chi connectivity index (χ2n) is 4.21. The molecule has 0 unspecified atom stereocenters. The highest BCUT2D eigenvalue weighted by Crippen LogP contribution is 2.23. The van der Waals surface area contributed by atoms with Crippen LogP contribution in [-0.2, 0) is 0 Å². The molecule has 1 aromatic carbocycles. The fraction of sp³-hybridized carbons (Fsp3) is 0.133. The maximum atomic E-state index is 13.8. The molecular weight excluding hydrogens is 294 g/mol. The van der Waals surface area contributed by atoms with Gasteiger partial charge in [0.15, 0.2) is 5.82 Å². The molecule has 21 heavy (non-hydrogen) atoms. The van der Waals surface area contributed by atoms with Crippen molar-refractivity contribution in [3.8, 4) is 11.8 Å². The third-order valence-corrected chi connectivity index (χ3v) is 3.54. The van der Waals surface area contributed by atoms with Gasteiger partial charge in [0.25, 0.3) is 5.91 Å². The molecule has 108 valence electrons. The molecule has 1 heterocycles. The van der Waals surface area contributed by atoms with Crippen molar-refractivity contribution in [3.63, 3.8) is 0 Å². The van der Waals surface area contributed by atoms with Crippen molar-refractivity contribution in [2.75, 3.05) is 11.9 Å². The fourth-order valence-corrected chi connectivity index (χ4v) is 2.37. The Labute approximate surface area is 124 Å². The minimum atomic E-state index is -0.815. The second-order valence-corrected chi connectivity index (χ2v) is 5.12. The van der Waals surface area contributed by atoms with Crippen LogP contribution >= 0.6 is 11.3 Å². The summed E-state index contributed by atoms with van der Waals surface area (Å²) in [6, 6.07) is 3.97. The highest BCUT2D eigenvalue weighted by Gasteiger charge is 2.16. The first-order valence-corrected chi connectivity index (χ1v) is 6.94. The Hall–Kier alpha value is -2.23. The topological polar surface area (TPSA) is 55.1 Å². The summed E-state index contributed by atoms with van der Waals surface area (Å²) in [6.45, 7) is 1.72. The molecule has 1 amide bonds. The molecule has 0 atom stereocenters. The first kappa shape index (κ1) is 15.2. The van der Waals surface area contributed by atoms with Gasteiger partial charge in [0.05, 0.1) is 17.0 Å². The molecule has 0 spiro atoms. The predicted molar refractivity (Wildman–Crippen MR) is 79.3 cm³/mol. The fourth-order valence-electron chi connectivity index (χ4n) is 1.62. The van der Waals surface area contributed by atoms with E-state index in [-0.39, 0.29) is 12.1 Å². The number of nitrogens with two attached hydrogens (primary N) is 1. The van der Waals surface area contributed by atoms with E-state index in [2.05, 4.69) is 17.2 Å². The van der Waals surface area contributed by atoms with Crippen LogP contribution in [0.15, 0.2) is 23.6 Å². The van der Waals surface area contributed by atoms with E-state index < -0.39 is 23.2 Å². The summed E-state index contributed by atoms with van der Waals surface area (Å²) in [7, 11) is 0. The maximum absolute atomic E-state index is 13.8. The zero-order chi connectivity index (χ0) is 15.4. The molecule has 1 aromatic heterocycles. The number of amides is 1. The van der Waals surface area contributed by atoms with Gasteiger partial charge < -0.3 is 11.1 Å². The average Bonchev–Trinajstić information content (AvgIpc) is 2.94. The summed E-state index contributed by atoms with van der Waals surface area (Å²) in [5.74, 6) is 3.28. The lowest BCUT2D eigenvalue weighted by atomic mass is 10.2. The van der Waals surface area contributed by atoms with Gasteiger partial charge in [-0.3, -0.25) is 4.79 Å². The molecule has 0 bridgehead atoms. The van der Waals surface area contributed by atoms with Crippen LogP contribution in [0.4, 0.5) is 14.5 Å². The Morgan fingerprint density at radius 3 is 2.90 bits per heavy atom. The second kappa shape index (κ2) is 6.48. The van der Waals surface area contributed by atoms with Gasteiger partial charge in [-0.25, -0.2) is 8.78 Å². The smallest absolute Gasteiger partial charge is 0.256 e. The highest BCUT2D eigenvalue weighted by molar-refractivity contribution is 7.10. The van der Waals surface area contributed by atoms with E-state index in [0.717, 1.165) is 6.07 Å². The number of thiophene rings is 1. The van der Waals surface area contributed by atoms with Crippen molar-refractivity contribution in [2.45, 2.75) is 6.92 Å². The SMILES string of the molecule is Cc1ccc(F)c(NC(=O)c2csc(C#CCN)c2)c1F. The molecule has 0 aliphatic heterocycles. The number of carbonyl (C=O) groups excluding carboxylic acids is 1. The first-order chi connectivity index (χ1) is 10.0. The van der Waals surface area contributed by atoms with Gasteiger partial charge in [0.1, 0.15) is 11.5 Å². The molecule has 0 saturated heterocycles. The van der Waals surface area contributed by atoms with Crippen molar-refractivity contribution in [1.29, 1.82) is 0 Å². The lowest BCUT2D eigenvalue weighted by Crippen LogP contribution is -2.14. The van der Waals surface area contributed by atoms with Crippen LogP contribution in [0.3, 0.4) is 0 Å². The molecule has 0 aliphatic rings. The van der Waals surface area contributed by atoms with Gasteiger partial charge in [0, 0.05) is 5.38 Å². The summed E-state index contributed by atoms with van der Waals surface area (Å²) in [4.78, 5) is 12.7. The van der Waals surface area contributed by atoms with Gasteiger partial charge >= 0.3 is 0 Å². The summed E-state index contributed by atoms with van der Waals surface area (Å²) >= 11 is 1.26. The van der Waals surface area contributed by atoms with Crippen molar-refractivity contribution in [1.82, 2.24) is 0 Å². The predicted octanol–water partition coefficient (Wildman–Crippen LogP) is 2.90. The molecule has 2 rings (SSSR count). The number of nitrogens with one attached hydrogen (secondary N) is 1. The summed E-state index contributed by atoms with van der Waals surface area (Å²) < 4.78 is 27.4. The normalized spacial score (nSPS) is 9.90. The van der Waals surface area contributed by atoms with Crippen molar-refractivity contribution in [2.24, 2.45) is 5.73 Å². The third-order valence-electron chi connectivity index (χ3n) is 2.70. The third kappa shape index (κ3) is 3.45. The van der Waals surface area contributed by atoms with E-state index in [1.54, 1.807) is 11.4 Å². The van der Waals surface area contributed by atoms with E-state index in [1.165, 1.54) is 24.3 Å². The van der Waals surface area contributed by atoms with E-state index >= 15 is 0 Å². The Morgan fingerprint density at radius 2 is 2.19 bits per heavy atom. The monoisotopic (exact) mass is 306 g/mol. The number of anilines is 1. The van der Waals surface area contributed by atoms with Crippen LogP contribution in [0.25, 0.3) is 0 Å². The van der Waals surface area contributed by atoms with Crippen LogP contribution < -0.4 is 11.1 Å². The minimum Gasteiger partial charge on any atom is -0.320 e. The maximum Gasteiger partial charge on any atom is 0.256 e. The van der Waals surface area contributed by atoms with Crippen LogP contribution in [0.5, 0.6) is 0 Å². The Morgan fingerprint density at radius 1 is 1.43 bits per heavy atom. The molecule has 0 fully saturated rings. The quantitative estimate of drug-likeness (QED) is 0.838. The number of aryl methyl sites for hydroxylation is 1. The van der Waals surface area contributed by atoms with Crippen molar-refractivity contribution >= 4 is 22.9 Å². The summed E-state index contributed by atoms with van der Waals surface area (Å²) in [6.07, 6.45) is 0. The zero-order valence-electron chi connectivity index (χ0n) is 11.2. The van der Waals surface area contributed by atoms with Crippen molar-refractivity contribution in [3.05, 3.63) is 51.2 Å². The van der Waals surface area contributed by atoms with Crippen molar-refractivity contribution < 1.29 is 13.6 Å². The molecule has 0 radical (unpaired) electrons. The Kier molecular flexibility index (Phi) is 4.68. The van der Waals surface area contributed by atoms with Crippen LogP contribution in [0.1, 0.15) is 20.8 Å². The van der Waals surface area contributed by atoms with Gasteiger partial charge in [-0.1, -0.05) is 17.9 Å². The molecule has 3 nitrogen and oxygen atoms in total. The molecular formula is C15H12F2N2OS. The largest absolute Gasteiger partial charge is 0.320 e. The zero-order valence-corrected chi connectivity index (χ0v) is 12.0. The highest BCUT2D eigenvalue weighted by atomic mass is 32.1. The number of halogens is 2. The van der Waals surface area contributed by atoms with E-state index in [4.69, 9.17) is 5.73 Å². The van der Waals surface area contributed by atoms with Crippen LogP contribution in [-0.4, -0.2) is 12.5 Å². The lowest BCUT2D eigenvalue weighted by molar-refractivity contribution is 0.102. The number of carbonyl (C=O) groups is 1. The van der Waals surface area contributed by atoms with Gasteiger partial charge in [-0.2, -0.15) is 0 Å². The molecule has 2 aromatic rings. The van der Waals surface area contributed by atoms with Crippen LogP contribution in [0, 0.1) is 30.4 Å². The summed E-state index contributed by atoms with van der Waals surface area (Å²) in [5.41, 5.74) is 5.37. The lowest BCUT2D eigenvalue weighted by Gasteiger charge is -2.08. The van der Waals surface area contributed by atoms with E-state index in [9.17, 15) is 13.6 Å². The minimum absolute atomic E-state index is 0.221. The number of rotatable bonds is 2. The Balaban J connectivity index is 2.22. The van der Waals surface area contributed by atoms with Gasteiger partial charge in [-0.05, 0) is 24.6 Å². The summed E-state index contributed by atoms with van der Waals surface area (Å²) in [5, 5.41) is 3.82. The molecule has 0 saturated carbocycles. The van der Waals surface area contributed by atoms with Crippen LogP contribution in [0.2, 0.25) is 0 Å². The van der Waals surface area contributed by atoms with E-state index in [1.807, 2.05) is 0 Å². The van der Waals surface area contributed by atoms with E-state index in [0.29, 0.717) is 10.4 Å². The standard InChI is InChI=1S/C15H12F2N2OS/c1-9-4-5-12(16)14(13(9)17)19-15(20)10-7-11(21-8-10)3-2-6-18/h4-5,7-8H,6,18H2,1H3,(H,19,20). The molecule has 0 aliphatic carbocycles. The Bertz CT molecular complexity index is 744. The molecule has 6 heteroatoms. The number of benzene rings is 1. The average molecular weight is 306 g/mol. The van der Waals surface area contributed by atoms with Gasteiger partial charge in [0.2, 0.25) is 0 Å². The molecule has 3 N–H and O–H groups in total. The number of hydrogen-bond donors (Lipinski definition) is 2. The first-order valence-electron chi connectivity index (χ1n) is 6.06.